The molecule has 0 spiro atoms. The summed E-state index contributed by atoms with van der Waals surface area (Å²) in [6, 6.07) is 0.754. The van der Waals surface area contributed by atoms with Crippen LogP contribution >= 0.6 is 0 Å². The Kier molecular flexibility index (Phi) is 4.66. The lowest BCUT2D eigenvalue weighted by atomic mass is 9.67. The average molecular weight is 293 g/mol. The van der Waals surface area contributed by atoms with Crippen molar-refractivity contribution in [3.05, 3.63) is 0 Å². The van der Waals surface area contributed by atoms with Crippen molar-refractivity contribution >= 4 is 0 Å². The Morgan fingerprint density at radius 3 is 2.24 bits per heavy atom. The van der Waals surface area contributed by atoms with E-state index in [1.165, 1.54) is 58.2 Å². The van der Waals surface area contributed by atoms with E-state index < -0.39 is 0 Å². The van der Waals surface area contributed by atoms with E-state index in [2.05, 4.69) is 38.0 Å². The second kappa shape index (κ2) is 6.20. The van der Waals surface area contributed by atoms with Gasteiger partial charge in [0.1, 0.15) is 0 Å². The lowest BCUT2D eigenvalue weighted by molar-refractivity contribution is 0.0938. The van der Waals surface area contributed by atoms with Crippen molar-refractivity contribution in [2.24, 2.45) is 29.1 Å². The quantitative estimate of drug-likeness (QED) is 0.852. The topological polar surface area (TPSA) is 15.3 Å². The van der Waals surface area contributed by atoms with E-state index in [0.717, 1.165) is 29.7 Å². The first-order valence-electron chi connectivity index (χ1n) is 9.37. The molecule has 3 fully saturated rings. The number of hydrogen-bond donors (Lipinski definition) is 1. The Balaban J connectivity index is 1.59. The maximum atomic E-state index is 3.62. The van der Waals surface area contributed by atoms with Crippen LogP contribution in [-0.4, -0.2) is 37.6 Å². The fourth-order valence-electron chi connectivity index (χ4n) is 5.45. The molecule has 2 heteroatoms. The van der Waals surface area contributed by atoms with Crippen molar-refractivity contribution in [3.8, 4) is 0 Å². The smallest absolute Gasteiger partial charge is 0.0105 e. The summed E-state index contributed by atoms with van der Waals surface area (Å²) in [5.74, 6) is 3.86. The molecule has 1 aliphatic heterocycles. The molecule has 0 aromatic heterocycles. The summed E-state index contributed by atoms with van der Waals surface area (Å²) >= 11 is 0. The van der Waals surface area contributed by atoms with Crippen LogP contribution in [0.4, 0.5) is 0 Å². The predicted molar refractivity (Wildman–Crippen MR) is 90.4 cm³/mol. The highest BCUT2D eigenvalue weighted by Gasteiger charge is 2.40. The van der Waals surface area contributed by atoms with Gasteiger partial charge in [0, 0.05) is 25.7 Å². The summed E-state index contributed by atoms with van der Waals surface area (Å²) < 4.78 is 0. The molecular weight excluding hydrogens is 256 g/mol. The molecule has 1 saturated heterocycles. The lowest BCUT2D eigenvalue weighted by Crippen LogP contribution is -2.46. The minimum Gasteiger partial charge on any atom is -0.317 e. The van der Waals surface area contributed by atoms with Gasteiger partial charge < -0.3 is 10.2 Å². The van der Waals surface area contributed by atoms with E-state index in [1.807, 2.05) is 0 Å². The first-order chi connectivity index (χ1) is 9.97. The molecule has 0 radical (unpaired) electrons. The van der Waals surface area contributed by atoms with Crippen LogP contribution in [0.3, 0.4) is 0 Å². The summed E-state index contributed by atoms with van der Waals surface area (Å²) in [6.07, 6.45) is 8.73. The van der Waals surface area contributed by atoms with Gasteiger partial charge in [-0.05, 0) is 68.2 Å². The van der Waals surface area contributed by atoms with Gasteiger partial charge in [0.05, 0.1) is 0 Å². The van der Waals surface area contributed by atoms with Crippen molar-refractivity contribution in [2.45, 2.75) is 65.3 Å². The molecule has 5 unspecified atom stereocenters. The highest BCUT2D eigenvalue weighted by Crippen LogP contribution is 2.42. The zero-order valence-electron chi connectivity index (χ0n) is 14.7. The number of nitrogens with one attached hydrogen (secondary N) is 1. The Morgan fingerprint density at radius 2 is 1.67 bits per heavy atom. The first kappa shape index (κ1) is 15.8. The minimum absolute atomic E-state index is 0.485. The molecule has 2 saturated carbocycles. The van der Waals surface area contributed by atoms with Crippen LogP contribution in [0.15, 0.2) is 0 Å². The van der Waals surface area contributed by atoms with Crippen LogP contribution < -0.4 is 5.32 Å². The first-order valence-corrected chi connectivity index (χ1v) is 9.37. The Morgan fingerprint density at radius 1 is 1.00 bits per heavy atom. The van der Waals surface area contributed by atoms with E-state index >= 15 is 0 Å². The van der Waals surface area contributed by atoms with E-state index in [4.69, 9.17) is 0 Å². The van der Waals surface area contributed by atoms with Crippen LogP contribution in [0.25, 0.3) is 0 Å². The number of rotatable bonds is 3. The third kappa shape index (κ3) is 3.47. The molecule has 0 amide bonds. The van der Waals surface area contributed by atoms with Crippen LogP contribution in [0.5, 0.6) is 0 Å². The second-order valence-electron chi connectivity index (χ2n) is 9.20. The predicted octanol–water partition coefficient (Wildman–Crippen LogP) is 3.77. The molecule has 1 N–H and O–H groups in total. The van der Waals surface area contributed by atoms with Crippen molar-refractivity contribution in [2.75, 3.05) is 26.7 Å². The Labute approximate surface area is 132 Å². The zero-order valence-corrected chi connectivity index (χ0v) is 14.7. The number of hydrogen-bond acceptors (Lipinski definition) is 2. The zero-order chi connectivity index (χ0) is 15.0. The fraction of sp³-hybridized carbons (Fsp3) is 1.00. The van der Waals surface area contributed by atoms with Gasteiger partial charge >= 0.3 is 0 Å². The molecule has 0 aromatic rings. The number of likely N-dealkylation sites (tertiary alicyclic amines) is 1. The maximum Gasteiger partial charge on any atom is 0.0105 e. The monoisotopic (exact) mass is 292 g/mol. The summed E-state index contributed by atoms with van der Waals surface area (Å²) in [7, 11) is 2.17. The molecule has 1 heterocycles. The van der Waals surface area contributed by atoms with Crippen LogP contribution in [0, 0.1) is 29.1 Å². The molecule has 5 atom stereocenters. The highest BCUT2D eigenvalue weighted by molar-refractivity contribution is 4.93. The van der Waals surface area contributed by atoms with E-state index in [9.17, 15) is 0 Å². The SMILES string of the molecule is CNC1CCC(C(C)(C)C)CC1CN1CC2CCCC2C1. The van der Waals surface area contributed by atoms with Crippen molar-refractivity contribution < 1.29 is 0 Å². The van der Waals surface area contributed by atoms with Crippen LogP contribution in [0.1, 0.15) is 59.3 Å². The van der Waals surface area contributed by atoms with E-state index in [0.29, 0.717) is 5.41 Å². The second-order valence-corrected chi connectivity index (χ2v) is 9.20. The van der Waals surface area contributed by atoms with Gasteiger partial charge in [0.15, 0.2) is 0 Å². The maximum absolute atomic E-state index is 3.62. The van der Waals surface area contributed by atoms with Crippen LogP contribution in [0.2, 0.25) is 0 Å². The Bertz CT molecular complexity index is 334. The third-order valence-corrected chi connectivity index (χ3v) is 6.87. The molecule has 122 valence electrons. The third-order valence-electron chi connectivity index (χ3n) is 6.87. The molecule has 3 aliphatic rings. The molecular formula is C19H36N2. The van der Waals surface area contributed by atoms with Crippen molar-refractivity contribution in [3.63, 3.8) is 0 Å². The molecule has 2 aliphatic carbocycles. The van der Waals surface area contributed by atoms with Gasteiger partial charge in [0.2, 0.25) is 0 Å². The molecule has 3 rings (SSSR count). The normalized spacial score (nSPS) is 41.4. The van der Waals surface area contributed by atoms with Gasteiger partial charge in [0.25, 0.3) is 0 Å². The summed E-state index contributed by atoms with van der Waals surface area (Å²) in [5.41, 5.74) is 0.485. The number of fused-ring (bicyclic) bond motifs is 1. The number of nitrogens with zero attached hydrogens (tertiary/aromatic N) is 1. The van der Waals surface area contributed by atoms with E-state index in [1.54, 1.807) is 0 Å². The van der Waals surface area contributed by atoms with E-state index in [-0.39, 0.29) is 0 Å². The standard InChI is InChI=1S/C19H36N2/c1-19(2,3)17-8-9-18(20-4)16(10-17)13-21-11-14-6-5-7-15(14)12-21/h14-18,20H,5-13H2,1-4H3. The van der Waals surface area contributed by atoms with Gasteiger partial charge in [-0.1, -0.05) is 27.2 Å². The summed E-state index contributed by atoms with van der Waals surface area (Å²) in [5, 5.41) is 3.62. The van der Waals surface area contributed by atoms with Crippen molar-refractivity contribution in [1.29, 1.82) is 0 Å². The largest absolute Gasteiger partial charge is 0.317 e. The minimum atomic E-state index is 0.485. The molecule has 0 aromatic carbocycles. The highest BCUT2D eigenvalue weighted by atomic mass is 15.2. The average Bonchev–Trinajstić information content (AvgIpc) is 2.98. The fourth-order valence-corrected chi connectivity index (χ4v) is 5.45. The van der Waals surface area contributed by atoms with Crippen molar-refractivity contribution in [1.82, 2.24) is 10.2 Å². The molecule has 21 heavy (non-hydrogen) atoms. The van der Waals surface area contributed by atoms with Gasteiger partial charge in [-0.15, -0.1) is 0 Å². The van der Waals surface area contributed by atoms with Crippen LogP contribution in [-0.2, 0) is 0 Å². The molecule has 2 nitrogen and oxygen atoms in total. The lowest BCUT2D eigenvalue weighted by Gasteiger charge is -2.43. The Hall–Kier alpha value is -0.0800. The molecule has 0 bridgehead atoms. The summed E-state index contributed by atoms with van der Waals surface area (Å²) in [6.45, 7) is 11.5. The summed E-state index contributed by atoms with van der Waals surface area (Å²) in [4.78, 5) is 2.81. The van der Waals surface area contributed by atoms with Gasteiger partial charge in [-0.3, -0.25) is 0 Å². The van der Waals surface area contributed by atoms with Gasteiger partial charge in [-0.25, -0.2) is 0 Å². The van der Waals surface area contributed by atoms with Gasteiger partial charge in [-0.2, -0.15) is 0 Å².